The molecule has 0 aliphatic rings. The largest absolute Gasteiger partial charge is 0.497 e. The average Bonchev–Trinajstić information content (AvgIpc) is 2.79. The number of halogens is 1. The molecule has 0 saturated carbocycles. The minimum Gasteiger partial charge on any atom is -0.497 e. The fourth-order valence-electron chi connectivity index (χ4n) is 1.54. The number of hydrogen-bond donors (Lipinski definition) is 1. The summed E-state index contributed by atoms with van der Waals surface area (Å²) in [4.78, 5) is 0. The van der Waals surface area contributed by atoms with Crippen molar-refractivity contribution in [1.82, 2.24) is 0 Å². The predicted molar refractivity (Wildman–Crippen MR) is 69.0 cm³/mol. The van der Waals surface area contributed by atoms with Crippen LogP contribution in [0.25, 0.3) is 11.3 Å². The molecular weight excluding hydrogens is 284 g/mol. The number of rotatable bonds is 3. The maximum Gasteiger partial charge on any atom is 0.135 e. The van der Waals surface area contributed by atoms with Crippen LogP contribution in [0.15, 0.2) is 39.2 Å². The van der Waals surface area contributed by atoms with E-state index in [0.29, 0.717) is 11.5 Å². The fraction of sp³-hybridized carbons (Fsp3) is 0.231. The molecule has 1 unspecified atom stereocenters. The Morgan fingerprint density at radius 2 is 2.06 bits per heavy atom. The van der Waals surface area contributed by atoms with E-state index in [1.54, 1.807) is 20.1 Å². The van der Waals surface area contributed by atoms with Gasteiger partial charge in [-0.2, -0.15) is 0 Å². The first kappa shape index (κ1) is 12.2. The molecule has 90 valence electrons. The quantitative estimate of drug-likeness (QED) is 0.937. The van der Waals surface area contributed by atoms with E-state index in [2.05, 4.69) is 15.9 Å². The lowest BCUT2D eigenvalue weighted by molar-refractivity contribution is 0.170. The van der Waals surface area contributed by atoms with Crippen LogP contribution in [0.1, 0.15) is 18.8 Å². The van der Waals surface area contributed by atoms with Gasteiger partial charge in [0.2, 0.25) is 0 Å². The Hall–Kier alpha value is -1.26. The average molecular weight is 297 g/mol. The normalized spacial score (nSPS) is 12.5. The standard InChI is InChI=1S/C13H13BrO3/c1-8(15)12-5-6-13(17-12)10-7-9(16-2)3-4-11(10)14/h3-8,15H,1-2H3. The van der Waals surface area contributed by atoms with Crippen LogP contribution in [0.5, 0.6) is 5.75 Å². The van der Waals surface area contributed by atoms with Crippen molar-refractivity contribution in [3.8, 4) is 17.1 Å². The highest BCUT2D eigenvalue weighted by Gasteiger charge is 2.12. The van der Waals surface area contributed by atoms with Gasteiger partial charge in [-0.15, -0.1) is 0 Å². The van der Waals surface area contributed by atoms with E-state index in [9.17, 15) is 5.11 Å². The molecule has 0 radical (unpaired) electrons. The third-order valence-corrected chi connectivity index (χ3v) is 3.17. The van der Waals surface area contributed by atoms with Crippen molar-refractivity contribution < 1.29 is 14.3 Å². The molecule has 17 heavy (non-hydrogen) atoms. The smallest absolute Gasteiger partial charge is 0.135 e. The van der Waals surface area contributed by atoms with Crippen LogP contribution in [-0.2, 0) is 0 Å². The molecule has 3 nitrogen and oxygen atoms in total. The SMILES string of the molecule is COc1ccc(Br)c(-c2ccc(C(C)O)o2)c1. The van der Waals surface area contributed by atoms with E-state index in [0.717, 1.165) is 15.8 Å². The summed E-state index contributed by atoms with van der Waals surface area (Å²) in [5.74, 6) is 2.01. The predicted octanol–water partition coefficient (Wildman–Crippen LogP) is 3.77. The first-order chi connectivity index (χ1) is 8.11. The van der Waals surface area contributed by atoms with Crippen LogP contribution < -0.4 is 4.74 Å². The van der Waals surface area contributed by atoms with Crippen molar-refractivity contribution in [2.24, 2.45) is 0 Å². The first-order valence-electron chi connectivity index (χ1n) is 5.23. The minimum atomic E-state index is -0.604. The molecule has 0 bridgehead atoms. The van der Waals surface area contributed by atoms with E-state index in [4.69, 9.17) is 9.15 Å². The molecule has 0 aliphatic carbocycles. The van der Waals surface area contributed by atoms with Gasteiger partial charge in [-0.05, 0) is 37.3 Å². The van der Waals surface area contributed by atoms with Crippen molar-refractivity contribution in [2.75, 3.05) is 7.11 Å². The fourth-order valence-corrected chi connectivity index (χ4v) is 1.98. The molecule has 0 amide bonds. The summed E-state index contributed by atoms with van der Waals surface area (Å²) in [5, 5.41) is 9.42. The monoisotopic (exact) mass is 296 g/mol. The van der Waals surface area contributed by atoms with Crippen LogP contribution in [0.4, 0.5) is 0 Å². The Bertz CT molecular complexity index is 517. The Morgan fingerprint density at radius 1 is 1.29 bits per heavy atom. The van der Waals surface area contributed by atoms with Crippen molar-refractivity contribution in [2.45, 2.75) is 13.0 Å². The van der Waals surface area contributed by atoms with E-state index in [1.807, 2.05) is 24.3 Å². The third-order valence-electron chi connectivity index (χ3n) is 2.48. The molecular formula is C13H13BrO3. The van der Waals surface area contributed by atoms with E-state index >= 15 is 0 Å². The zero-order valence-electron chi connectivity index (χ0n) is 9.61. The van der Waals surface area contributed by atoms with Gasteiger partial charge in [-0.1, -0.05) is 15.9 Å². The Morgan fingerprint density at radius 3 is 2.65 bits per heavy atom. The molecule has 1 heterocycles. The number of furan rings is 1. The van der Waals surface area contributed by atoms with E-state index < -0.39 is 6.10 Å². The number of ether oxygens (including phenoxy) is 1. The van der Waals surface area contributed by atoms with Crippen molar-refractivity contribution in [3.05, 3.63) is 40.6 Å². The summed E-state index contributed by atoms with van der Waals surface area (Å²) in [7, 11) is 1.62. The van der Waals surface area contributed by atoms with Crippen LogP contribution >= 0.6 is 15.9 Å². The van der Waals surface area contributed by atoms with Gasteiger partial charge < -0.3 is 14.3 Å². The molecule has 1 N–H and O–H groups in total. The number of aliphatic hydroxyl groups is 1. The molecule has 1 aromatic heterocycles. The first-order valence-corrected chi connectivity index (χ1v) is 6.03. The second kappa shape index (κ2) is 4.94. The van der Waals surface area contributed by atoms with E-state index in [1.165, 1.54) is 0 Å². The molecule has 0 saturated heterocycles. The Labute approximate surface area is 108 Å². The molecule has 1 atom stereocenters. The molecule has 2 aromatic rings. The van der Waals surface area contributed by atoms with Crippen LogP contribution in [0, 0.1) is 0 Å². The number of benzene rings is 1. The van der Waals surface area contributed by atoms with Gasteiger partial charge in [0, 0.05) is 10.0 Å². The highest BCUT2D eigenvalue weighted by atomic mass is 79.9. The van der Waals surface area contributed by atoms with Gasteiger partial charge in [0.1, 0.15) is 23.4 Å². The van der Waals surface area contributed by atoms with Gasteiger partial charge in [0.25, 0.3) is 0 Å². The molecule has 4 heteroatoms. The van der Waals surface area contributed by atoms with Gasteiger partial charge in [-0.3, -0.25) is 0 Å². The molecule has 0 fully saturated rings. The van der Waals surface area contributed by atoms with Crippen molar-refractivity contribution in [1.29, 1.82) is 0 Å². The van der Waals surface area contributed by atoms with Gasteiger partial charge in [0.05, 0.1) is 7.11 Å². The highest BCUT2D eigenvalue weighted by Crippen LogP contribution is 2.33. The lowest BCUT2D eigenvalue weighted by atomic mass is 10.1. The second-order valence-electron chi connectivity index (χ2n) is 3.72. The van der Waals surface area contributed by atoms with Crippen LogP contribution in [-0.4, -0.2) is 12.2 Å². The van der Waals surface area contributed by atoms with Crippen LogP contribution in [0.3, 0.4) is 0 Å². The number of aliphatic hydroxyl groups excluding tert-OH is 1. The highest BCUT2D eigenvalue weighted by molar-refractivity contribution is 9.10. The zero-order chi connectivity index (χ0) is 12.4. The molecule has 2 rings (SSSR count). The molecule has 1 aromatic carbocycles. The lowest BCUT2D eigenvalue weighted by Crippen LogP contribution is -1.86. The molecule has 0 aliphatic heterocycles. The second-order valence-corrected chi connectivity index (χ2v) is 4.58. The number of methoxy groups -OCH3 is 1. The van der Waals surface area contributed by atoms with Gasteiger partial charge in [-0.25, -0.2) is 0 Å². The van der Waals surface area contributed by atoms with Crippen molar-refractivity contribution >= 4 is 15.9 Å². The van der Waals surface area contributed by atoms with Gasteiger partial charge in [0.15, 0.2) is 0 Å². The topological polar surface area (TPSA) is 42.6 Å². The zero-order valence-corrected chi connectivity index (χ0v) is 11.2. The summed E-state index contributed by atoms with van der Waals surface area (Å²) < 4.78 is 11.7. The maximum atomic E-state index is 9.42. The summed E-state index contributed by atoms with van der Waals surface area (Å²) in [6.07, 6.45) is -0.604. The summed E-state index contributed by atoms with van der Waals surface area (Å²) in [6, 6.07) is 9.26. The Kier molecular flexibility index (Phi) is 3.54. The maximum absolute atomic E-state index is 9.42. The van der Waals surface area contributed by atoms with E-state index in [-0.39, 0.29) is 0 Å². The Balaban J connectivity index is 2.44. The molecule has 0 spiro atoms. The van der Waals surface area contributed by atoms with Gasteiger partial charge >= 0.3 is 0 Å². The lowest BCUT2D eigenvalue weighted by Gasteiger charge is -2.05. The summed E-state index contributed by atoms with van der Waals surface area (Å²) in [5.41, 5.74) is 0.899. The van der Waals surface area contributed by atoms with Crippen molar-refractivity contribution in [3.63, 3.8) is 0 Å². The minimum absolute atomic E-state index is 0.551. The third kappa shape index (κ3) is 2.53. The summed E-state index contributed by atoms with van der Waals surface area (Å²) in [6.45, 7) is 1.67. The summed E-state index contributed by atoms with van der Waals surface area (Å²) >= 11 is 3.46. The number of hydrogen-bond acceptors (Lipinski definition) is 3. The van der Waals surface area contributed by atoms with Crippen LogP contribution in [0.2, 0.25) is 0 Å².